The molecule has 1 N–H and O–H groups in total. The van der Waals surface area contributed by atoms with E-state index in [0.717, 1.165) is 12.8 Å². The Morgan fingerprint density at radius 1 is 1.28 bits per heavy atom. The number of hydrogen-bond acceptors (Lipinski definition) is 7. The summed E-state index contributed by atoms with van der Waals surface area (Å²) in [4.78, 5) is 12.3. The molecule has 0 radical (unpaired) electrons. The van der Waals surface area contributed by atoms with Gasteiger partial charge < -0.3 is 9.15 Å². The highest BCUT2D eigenvalue weighted by Gasteiger charge is 2.24. The molecule has 1 fully saturated rings. The van der Waals surface area contributed by atoms with Crippen LogP contribution in [0.2, 0.25) is 0 Å². The van der Waals surface area contributed by atoms with Crippen molar-refractivity contribution in [2.75, 3.05) is 17.7 Å². The minimum Gasteiger partial charge on any atom is -0.405 e. The molecule has 1 aromatic heterocycles. The lowest BCUT2D eigenvalue weighted by Crippen LogP contribution is -2.14. The summed E-state index contributed by atoms with van der Waals surface area (Å²) >= 11 is 0. The van der Waals surface area contributed by atoms with Crippen LogP contribution in [-0.2, 0) is 25.8 Å². The van der Waals surface area contributed by atoms with Crippen LogP contribution in [-0.4, -0.2) is 36.9 Å². The molecule has 1 aromatic carbocycles. The van der Waals surface area contributed by atoms with Crippen LogP contribution in [0.25, 0.3) is 0 Å². The Balaban J connectivity index is 1.59. The van der Waals surface area contributed by atoms with E-state index in [-0.39, 0.29) is 35.1 Å². The zero-order chi connectivity index (χ0) is 17.9. The monoisotopic (exact) mass is 365 g/mol. The molecule has 1 aliphatic rings. The first-order valence-corrected chi connectivity index (χ1v) is 9.69. The predicted octanol–water partition coefficient (Wildman–Crippen LogP) is 1.90. The Labute approximate surface area is 145 Å². The van der Waals surface area contributed by atoms with Gasteiger partial charge in [0.25, 0.3) is 0 Å². The van der Waals surface area contributed by atoms with Crippen molar-refractivity contribution in [2.45, 2.75) is 37.2 Å². The number of sulfone groups is 1. The molecule has 1 unspecified atom stereocenters. The molecule has 8 nitrogen and oxygen atoms in total. The van der Waals surface area contributed by atoms with Crippen LogP contribution in [0.3, 0.4) is 0 Å². The lowest BCUT2D eigenvalue weighted by Gasteiger charge is -2.04. The molecule has 1 saturated heterocycles. The first-order chi connectivity index (χ1) is 12.0. The standard InChI is InChI=1S/C16H19N3O5S/c1-2-25(21,22)12-7-5-11(6-8-12)10-14(20)17-16-19-18-15(24-16)13-4-3-9-23-13/h5-8,13H,2-4,9-10H2,1H3,(H,17,19,20). The van der Waals surface area contributed by atoms with Crippen LogP contribution in [0.5, 0.6) is 0 Å². The van der Waals surface area contributed by atoms with Gasteiger partial charge in [0.2, 0.25) is 11.8 Å². The Hall–Kier alpha value is -2.26. The molecule has 0 aliphatic carbocycles. The minimum absolute atomic E-state index is 0.0284. The van der Waals surface area contributed by atoms with Crippen molar-refractivity contribution in [1.29, 1.82) is 0 Å². The van der Waals surface area contributed by atoms with Gasteiger partial charge in [-0.3, -0.25) is 10.1 Å². The molecule has 3 rings (SSSR count). The van der Waals surface area contributed by atoms with E-state index in [2.05, 4.69) is 15.5 Å². The van der Waals surface area contributed by atoms with Gasteiger partial charge in [0.1, 0.15) is 6.10 Å². The van der Waals surface area contributed by atoms with Gasteiger partial charge in [0.15, 0.2) is 9.84 Å². The van der Waals surface area contributed by atoms with Crippen molar-refractivity contribution in [3.63, 3.8) is 0 Å². The maximum Gasteiger partial charge on any atom is 0.322 e. The van der Waals surface area contributed by atoms with E-state index in [9.17, 15) is 13.2 Å². The van der Waals surface area contributed by atoms with Crippen molar-refractivity contribution in [1.82, 2.24) is 10.2 Å². The molecule has 1 aliphatic heterocycles. The number of aromatic nitrogens is 2. The zero-order valence-corrected chi connectivity index (χ0v) is 14.6. The first-order valence-electron chi connectivity index (χ1n) is 8.04. The molecule has 25 heavy (non-hydrogen) atoms. The van der Waals surface area contributed by atoms with Crippen LogP contribution >= 0.6 is 0 Å². The number of amides is 1. The maximum absolute atomic E-state index is 12.1. The number of hydrogen-bond donors (Lipinski definition) is 1. The molecule has 0 saturated carbocycles. The molecular formula is C16H19N3O5S. The van der Waals surface area contributed by atoms with Crippen molar-refractivity contribution >= 4 is 21.8 Å². The third-order valence-corrected chi connectivity index (χ3v) is 5.67. The summed E-state index contributed by atoms with van der Waals surface area (Å²) in [5.74, 6) is 0.0763. The van der Waals surface area contributed by atoms with Gasteiger partial charge in [0, 0.05) is 6.61 Å². The number of nitrogens with one attached hydrogen (secondary N) is 1. The lowest BCUT2D eigenvalue weighted by molar-refractivity contribution is -0.115. The second-order valence-electron chi connectivity index (χ2n) is 5.72. The summed E-state index contributed by atoms with van der Waals surface area (Å²) in [6, 6.07) is 6.27. The van der Waals surface area contributed by atoms with Crippen molar-refractivity contribution in [3.05, 3.63) is 35.7 Å². The number of rotatable bonds is 6. The normalized spacial score (nSPS) is 17.6. The van der Waals surface area contributed by atoms with E-state index in [0.29, 0.717) is 18.1 Å². The highest BCUT2D eigenvalue weighted by molar-refractivity contribution is 7.91. The van der Waals surface area contributed by atoms with Crippen LogP contribution < -0.4 is 5.32 Å². The predicted molar refractivity (Wildman–Crippen MR) is 88.7 cm³/mol. The van der Waals surface area contributed by atoms with Crippen LogP contribution in [0.15, 0.2) is 33.6 Å². The second kappa shape index (κ2) is 7.32. The smallest absolute Gasteiger partial charge is 0.322 e. The second-order valence-corrected chi connectivity index (χ2v) is 8.00. The van der Waals surface area contributed by atoms with Gasteiger partial charge in [0.05, 0.1) is 17.1 Å². The van der Waals surface area contributed by atoms with Gasteiger partial charge >= 0.3 is 6.01 Å². The van der Waals surface area contributed by atoms with Crippen molar-refractivity contribution in [2.24, 2.45) is 0 Å². The fourth-order valence-corrected chi connectivity index (χ4v) is 3.40. The van der Waals surface area contributed by atoms with Gasteiger partial charge in [-0.05, 0) is 30.5 Å². The van der Waals surface area contributed by atoms with Gasteiger partial charge in [-0.2, -0.15) is 0 Å². The number of carbonyl (C=O) groups excluding carboxylic acids is 1. The summed E-state index contributed by atoms with van der Waals surface area (Å²) in [6.45, 7) is 2.25. The molecular weight excluding hydrogens is 346 g/mol. The number of ether oxygens (including phenoxy) is 1. The number of anilines is 1. The lowest BCUT2D eigenvalue weighted by atomic mass is 10.1. The Bertz CT molecular complexity index is 839. The zero-order valence-electron chi connectivity index (χ0n) is 13.8. The molecule has 0 bridgehead atoms. The highest BCUT2D eigenvalue weighted by atomic mass is 32.2. The fraction of sp³-hybridized carbons (Fsp3) is 0.438. The summed E-state index contributed by atoms with van der Waals surface area (Å²) in [6.07, 6.45) is 1.64. The maximum atomic E-state index is 12.1. The number of benzene rings is 1. The molecule has 2 aromatic rings. The first kappa shape index (κ1) is 17.6. The van der Waals surface area contributed by atoms with E-state index >= 15 is 0 Å². The largest absolute Gasteiger partial charge is 0.405 e. The van der Waals surface area contributed by atoms with E-state index < -0.39 is 9.84 Å². The van der Waals surface area contributed by atoms with Gasteiger partial charge in [-0.25, -0.2) is 8.42 Å². The Morgan fingerprint density at radius 3 is 2.68 bits per heavy atom. The molecule has 2 heterocycles. The number of nitrogens with zero attached hydrogens (tertiary/aromatic N) is 2. The highest BCUT2D eigenvalue weighted by Crippen LogP contribution is 2.28. The Morgan fingerprint density at radius 2 is 2.04 bits per heavy atom. The molecule has 9 heteroatoms. The average molecular weight is 365 g/mol. The van der Waals surface area contributed by atoms with E-state index in [1.54, 1.807) is 19.1 Å². The summed E-state index contributed by atoms with van der Waals surface area (Å²) in [5.41, 5.74) is 0.686. The summed E-state index contributed by atoms with van der Waals surface area (Å²) in [5, 5.41) is 10.2. The Kier molecular flexibility index (Phi) is 5.14. The minimum atomic E-state index is -3.24. The SMILES string of the molecule is CCS(=O)(=O)c1ccc(CC(=O)Nc2nnc(C3CCCO3)o2)cc1. The van der Waals surface area contributed by atoms with Gasteiger partial charge in [-0.15, -0.1) is 5.10 Å². The van der Waals surface area contributed by atoms with Crippen molar-refractivity contribution < 1.29 is 22.4 Å². The third-order valence-electron chi connectivity index (χ3n) is 3.92. The van der Waals surface area contributed by atoms with Crippen LogP contribution in [0.4, 0.5) is 6.01 Å². The fourth-order valence-electron chi connectivity index (χ4n) is 2.52. The number of carbonyl (C=O) groups is 1. The average Bonchev–Trinajstić information content (AvgIpc) is 3.26. The quantitative estimate of drug-likeness (QED) is 0.832. The topological polar surface area (TPSA) is 111 Å². The van der Waals surface area contributed by atoms with Gasteiger partial charge in [-0.1, -0.05) is 24.2 Å². The molecule has 134 valence electrons. The summed E-state index contributed by atoms with van der Waals surface area (Å²) in [7, 11) is -3.24. The third kappa shape index (κ3) is 4.23. The van der Waals surface area contributed by atoms with E-state index in [4.69, 9.17) is 9.15 Å². The molecule has 1 atom stereocenters. The van der Waals surface area contributed by atoms with E-state index in [1.165, 1.54) is 12.1 Å². The van der Waals surface area contributed by atoms with Crippen LogP contribution in [0, 0.1) is 0 Å². The summed E-state index contributed by atoms with van der Waals surface area (Å²) < 4.78 is 34.4. The van der Waals surface area contributed by atoms with E-state index in [1.807, 2.05) is 0 Å². The molecule has 1 amide bonds. The van der Waals surface area contributed by atoms with Crippen molar-refractivity contribution in [3.8, 4) is 0 Å². The molecule has 0 spiro atoms. The van der Waals surface area contributed by atoms with Crippen LogP contribution in [0.1, 0.15) is 37.3 Å².